The largest absolute Gasteiger partial charge is 0.340 e. The molecule has 1 aromatic heterocycles. The van der Waals surface area contributed by atoms with Crippen LogP contribution in [0.3, 0.4) is 0 Å². The van der Waals surface area contributed by atoms with Crippen molar-refractivity contribution >= 4 is 17.6 Å². The van der Waals surface area contributed by atoms with Crippen molar-refractivity contribution in [1.29, 1.82) is 0 Å². The standard InChI is InChI=1S/C21H27N3O2/c1-16(25)23-19-10-9-17(15-22-19)11-14-21(12-5-2-6-13-21)24-20(26)18-7-3-4-8-18/h9-10,15,18H,2-8,12-13H2,1H3,(H,24,26)(H,22,23,25). The van der Waals surface area contributed by atoms with Crippen molar-refractivity contribution in [2.24, 2.45) is 5.92 Å². The van der Waals surface area contributed by atoms with E-state index in [0.29, 0.717) is 5.82 Å². The van der Waals surface area contributed by atoms with Crippen LogP contribution in [0.15, 0.2) is 18.3 Å². The number of nitrogens with zero attached hydrogens (tertiary/aromatic N) is 1. The van der Waals surface area contributed by atoms with E-state index in [0.717, 1.165) is 56.9 Å². The summed E-state index contributed by atoms with van der Waals surface area (Å²) in [5, 5.41) is 5.94. The average Bonchev–Trinajstić information content (AvgIpc) is 3.16. The highest BCUT2D eigenvalue weighted by Crippen LogP contribution is 2.30. The second kappa shape index (κ2) is 8.35. The number of amides is 2. The van der Waals surface area contributed by atoms with Crippen LogP contribution < -0.4 is 10.6 Å². The van der Waals surface area contributed by atoms with Gasteiger partial charge in [-0.25, -0.2) is 4.98 Å². The van der Waals surface area contributed by atoms with E-state index >= 15 is 0 Å². The van der Waals surface area contributed by atoms with Gasteiger partial charge in [0.05, 0.1) is 0 Å². The molecule has 0 aromatic carbocycles. The van der Waals surface area contributed by atoms with Gasteiger partial charge in [0.15, 0.2) is 0 Å². The van der Waals surface area contributed by atoms with Gasteiger partial charge in [0, 0.05) is 24.6 Å². The molecule has 5 nitrogen and oxygen atoms in total. The van der Waals surface area contributed by atoms with Gasteiger partial charge in [0.2, 0.25) is 11.8 Å². The summed E-state index contributed by atoms with van der Waals surface area (Å²) in [5.41, 5.74) is 0.382. The van der Waals surface area contributed by atoms with E-state index in [1.165, 1.54) is 13.3 Å². The molecule has 5 heteroatoms. The molecule has 0 spiro atoms. The fraction of sp³-hybridized carbons (Fsp3) is 0.571. The molecule has 2 aliphatic rings. The lowest BCUT2D eigenvalue weighted by atomic mass is 9.81. The van der Waals surface area contributed by atoms with Gasteiger partial charge in [-0.1, -0.05) is 43.9 Å². The predicted octanol–water partition coefficient (Wildman–Crippen LogP) is 3.40. The van der Waals surface area contributed by atoms with Crippen LogP contribution in [-0.4, -0.2) is 22.3 Å². The first-order valence-corrected chi connectivity index (χ1v) is 9.65. The summed E-state index contributed by atoms with van der Waals surface area (Å²) in [6.45, 7) is 1.45. The number of carbonyl (C=O) groups excluding carboxylic acids is 2. The zero-order valence-corrected chi connectivity index (χ0v) is 15.4. The van der Waals surface area contributed by atoms with E-state index in [9.17, 15) is 9.59 Å². The monoisotopic (exact) mass is 353 g/mol. The Morgan fingerprint density at radius 1 is 1.12 bits per heavy atom. The normalized spacial score (nSPS) is 19.3. The number of rotatable bonds is 3. The summed E-state index contributed by atoms with van der Waals surface area (Å²) in [7, 11) is 0. The van der Waals surface area contributed by atoms with E-state index in [1.54, 1.807) is 12.3 Å². The van der Waals surface area contributed by atoms with E-state index in [1.807, 2.05) is 6.07 Å². The molecule has 3 rings (SSSR count). The Balaban J connectivity index is 1.73. The third-order valence-electron chi connectivity index (χ3n) is 5.31. The summed E-state index contributed by atoms with van der Waals surface area (Å²) in [5.74, 6) is 7.26. The van der Waals surface area contributed by atoms with E-state index in [2.05, 4.69) is 27.5 Å². The van der Waals surface area contributed by atoms with E-state index in [-0.39, 0.29) is 17.7 Å². The third-order valence-corrected chi connectivity index (χ3v) is 5.31. The number of carbonyl (C=O) groups is 2. The molecule has 0 bridgehead atoms. The van der Waals surface area contributed by atoms with E-state index in [4.69, 9.17) is 0 Å². The van der Waals surface area contributed by atoms with Crippen LogP contribution in [0.1, 0.15) is 70.3 Å². The van der Waals surface area contributed by atoms with Crippen molar-refractivity contribution in [1.82, 2.24) is 10.3 Å². The van der Waals surface area contributed by atoms with Gasteiger partial charge < -0.3 is 10.6 Å². The van der Waals surface area contributed by atoms with Crippen LogP contribution in [0.4, 0.5) is 5.82 Å². The lowest BCUT2D eigenvalue weighted by Gasteiger charge is -2.34. The first-order valence-electron chi connectivity index (χ1n) is 9.65. The minimum Gasteiger partial charge on any atom is -0.340 e. The highest BCUT2D eigenvalue weighted by Gasteiger charge is 2.34. The van der Waals surface area contributed by atoms with Gasteiger partial charge in [0.25, 0.3) is 0 Å². The Bertz CT molecular complexity index is 703. The van der Waals surface area contributed by atoms with Crippen LogP contribution in [0.2, 0.25) is 0 Å². The van der Waals surface area contributed by atoms with Crippen molar-refractivity contribution in [2.45, 2.75) is 70.3 Å². The van der Waals surface area contributed by atoms with Gasteiger partial charge in [-0.15, -0.1) is 0 Å². The van der Waals surface area contributed by atoms with Crippen molar-refractivity contribution in [3.05, 3.63) is 23.9 Å². The molecule has 2 fully saturated rings. The number of aromatic nitrogens is 1. The molecule has 2 N–H and O–H groups in total. The highest BCUT2D eigenvalue weighted by molar-refractivity contribution is 5.87. The van der Waals surface area contributed by atoms with E-state index < -0.39 is 5.54 Å². The summed E-state index contributed by atoms with van der Waals surface area (Å²) in [4.78, 5) is 27.9. The summed E-state index contributed by atoms with van der Waals surface area (Å²) >= 11 is 0. The van der Waals surface area contributed by atoms with Crippen LogP contribution in [0, 0.1) is 17.8 Å². The fourth-order valence-electron chi connectivity index (χ4n) is 3.88. The van der Waals surface area contributed by atoms with Crippen LogP contribution >= 0.6 is 0 Å². The van der Waals surface area contributed by atoms with Crippen molar-refractivity contribution < 1.29 is 9.59 Å². The maximum Gasteiger partial charge on any atom is 0.224 e. The smallest absolute Gasteiger partial charge is 0.224 e. The van der Waals surface area contributed by atoms with Gasteiger partial charge >= 0.3 is 0 Å². The summed E-state index contributed by atoms with van der Waals surface area (Å²) < 4.78 is 0. The van der Waals surface area contributed by atoms with Gasteiger partial charge in [-0.3, -0.25) is 9.59 Å². The minimum atomic E-state index is -0.409. The maximum atomic E-state index is 12.6. The minimum absolute atomic E-state index is 0.146. The molecule has 0 unspecified atom stereocenters. The average molecular weight is 353 g/mol. The molecular weight excluding hydrogens is 326 g/mol. The highest BCUT2D eigenvalue weighted by atomic mass is 16.2. The molecule has 0 saturated heterocycles. The number of hydrogen-bond donors (Lipinski definition) is 2. The molecule has 1 aromatic rings. The molecule has 0 atom stereocenters. The van der Waals surface area contributed by atoms with Crippen molar-refractivity contribution in [3.8, 4) is 11.8 Å². The fourth-order valence-corrected chi connectivity index (χ4v) is 3.88. The quantitative estimate of drug-likeness (QED) is 0.818. The lowest BCUT2D eigenvalue weighted by Crippen LogP contribution is -2.50. The Kier molecular flexibility index (Phi) is 5.92. The molecule has 1 heterocycles. The summed E-state index contributed by atoms with van der Waals surface area (Å²) in [6.07, 6.45) is 11.2. The number of hydrogen-bond acceptors (Lipinski definition) is 3. The third kappa shape index (κ3) is 4.85. The summed E-state index contributed by atoms with van der Waals surface area (Å²) in [6, 6.07) is 3.59. The molecular formula is C21H27N3O2. The number of nitrogens with one attached hydrogen (secondary N) is 2. The topological polar surface area (TPSA) is 71.1 Å². The lowest BCUT2D eigenvalue weighted by molar-refractivity contribution is -0.126. The molecule has 2 aliphatic carbocycles. The van der Waals surface area contributed by atoms with Crippen molar-refractivity contribution in [2.75, 3.05) is 5.32 Å². The predicted molar refractivity (Wildman–Crippen MR) is 101 cm³/mol. The molecule has 0 radical (unpaired) electrons. The molecule has 26 heavy (non-hydrogen) atoms. The zero-order valence-electron chi connectivity index (χ0n) is 15.4. The molecule has 0 aliphatic heterocycles. The van der Waals surface area contributed by atoms with Gasteiger partial charge in [0.1, 0.15) is 11.4 Å². The van der Waals surface area contributed by atoms with Crippen LogP contribution in [-0.2, 0) is 9.59 Å². The maximum absolute atomic E-state index is 12.6. The second-order valence-corrected chi connectivity index (χ2v) is 7.48. The Labute approximate surface area is 155 Å². The SMILES string of the molecule is CC(=O)Nc1ccc(C#CC2(NC(=O)C3CCCC3)CCCCC2)cn1. The first kappa shape index (κ1) is 18.4. The Hall–Kier alpha value is -2.35. The van der Waals surface area contributed by atoms with Crippen LogP contribution in [0.5, 0.6) is 0 Å². The molecule has 138 valence electrons. The molecule has 2 saturated carbocycles. The van der Waals surface area contributed by atoms with Crippen LogP contribution in [0.25, 0.3) is 0 Å². The molecule has 2 amide bonds. The van der Waals surface area contributed by atoms with Gasteiger partial charge in [-0.05, 0) is 37.8 Å². The zero-order chi connectivity index (χ0) is 18.4. The van der Waals surface area contributed by atoms with Gasteiger partial charge in [-0.2, -0.15) is 0 Å². The first-order chi connectivity index (χ1) is 12.6. The number of pyridine rings is 1. The Morgan fingerprint density at radius 2 is 1.85 bits per heavy atom. The second-order valence-electron chi connectivity index (χ2n) is 7.48. The van der Waals surface area contributed by atoms with Crippen molar-refractivity contribution in [3.63, 3.8) is 0 Å². The number of anilines is 1. The Morgan fingerprint density at radius 3 is 2.46 bits per heavy atom.